The summed E-state index contributed by atoms with van der Waals surface area (Å²) < 4.78 is 28.3. The first kappa shape index (κ1) is 26.1. The number of rotatable bonds is 8. The quantitative estimate of drug-likeness (QED) is 0.193. The van der Waals surface area contributed by atoms with Crippen LogP contribution in [0.25, 0.3) is 10.8 Å². The molecule has 39 heavy (non-hydrogen) atoms. The molecule has 11 nitrogen and oxygen atoms in total. The molecule has 0 radical (unpaired) electrons. The van der Waals surface area contributed by atoms with E-state index in [1.807, 2.05) is 30.3 Å². The molecule has 0 aliphatic carbocycles. The van der Waals surface area contributed by atoms with Crippen molar-refractivity contribution in [2.75, 3.05) is 18.5 Å². The molecule has 0 saturated carbocycles. The molecular weight excluding hydrogens is 522 g/mol. The summed E-state index contributed by atoms with van der Waals surface area (Å²) in [6.07, 6.45) is 2.77. The number of anilines is 1. The van der Waals surface area contributed by atoms with Gasteiger partial charge in [0.05, 0.1) is 28.1 Å². The molecule has 1 fully saturated rings. The van der Waals surface area contributed by atoms with Gasteiger partial charge in [-0.25, -0.2) is 8.42 Å². The number of nitrogens with zero attached hydrogens (tertiary/aromatic N) is 4. The van der Waals surface area contributed by atoms with Crippen LogP contribution in [0.2, 0.25) is 0 Å². The maximum Gasteiger partial charge on any atom is 0.295 e. The molecule has 1 aliphatic heterocycles. The van der Waals surface area contributed by atoms with Gasteiger partial charge in [-0.3, -0.25) is 24.9 Å². The van der Waals surface area contributed by atoms with E-state index in [1.54, 1.807) is 24.3 Å². The average molecular weight is 548 g/mol. The van der Waals surface area contributed by atoms with Crippen molar-refractivity contribution in [3.8, 4) is 5.88 Å². The van der Waals surface area contributed by atoms with Gasteiger partial charge in [-0.05, 0) is 36.6 Å². The number of nitro benzene ring substituents is 1. The van der Waals surface area contributed by atoms with E-state index < -0.39 is 20.6 Å². The Kier molecular flexibility index (Phi) is 7.13. The van der Waals surface area contributed by atoms with Gasteiger partial charge in [-0.1, -0.05) is 48.5 Å². The molecule has 2 heterocycles. The third-order valence-corrected chi connectivity index (χ3v) is 8.51. The van der Waals surface area contributed by atoms with Crippen LogP contribution in [-0.2, 0) is 16.6 Å². The summed E-state index contributed by atoms with van der Waals surface area (Å²) in [5.74, 6) is -0.311. The predicted molar refractivity (Wildman–Crippen MR) is 148 cm³/mol. The molecule has 0 atom stereocenters. The Morgan fingerprint density at radius 3 is 2.36 bits per heavy atom. The highest BCUT2D eigenvalue weighted by Crippen LogP contribution is 2.30. The standard InChI is InChI=1S/C27H25N5O6S/c33-26-22-11-5-4-10-21(22)23(27(34)31(26)18-19-8-2-1-3-9-19)17-28-29-24-13-12-20(16-25(24)32(35)36)39(37,38)30-14-6-7-15-30/h1-5,8-13,16-17,29,34H,6-7,14-15,18H2/b28-17+. The first-order chi connectivity index (χ1) is 18.8. The van der Waals surface area contributed by atoms with Crippen molar-refractivity contribution >= 4 is 38.4 Å². The Hall–Kier alpha value is -4.55. The number of hydrogen-bond acceptors (Lipinski definition) is 8. The zero-order chi connectivity index (χ0) is 27.6. The summed E-state index contributed by atoms with van der Waals surface area (Å²) in [4.78, 5) is 24.1. The second-order valence-electron chi connectivity index (χ2n) is 9.08. The number of aromatic hydroxyl groups is 1. The molecule has 1 aliphatic rings. The van der Waals surface area contributed by atoms with Crippen molar-refractivity contribution < 1.29 is 18.4 Å². The Bertz CT molecular complexity index is 1750. The van der Waals surface area contributed by atoms with Gasteiger partial charge in [0.15, 0.2) is 0 Å². The third-order valence-electron chi connectivity index (χ3n) is 6.62. The number of nitro groups is 1. The lowest BCUT2D eigenvalue weighted by Crippen LogP contribution is -2.27. The molecule has 2 N–H and O–H groups in total. The van der Waals surface area contributed by atoms with Gasteiger partial charge < -0.3 is 5.11 Å². The van der Waals surface area contributed by atoms with E-state index in [9.17, 15) is 28.4 Å². The topological polar surface area (TPSA) is 147 Å². The van der Waals surface area contributed by atoms with Crippen LogP contribution >= 0.6 is 0 Å². The lowest BCUT2D eigenvalue weighted by molar-refractivity contribution is -0.384. The minimum absolute atomic E-state index is 0.0296. The fraction of sp³-hybridized carbons (Fsp3) is 0.185. The van der Waals surface area contributed by atoms with E-state index >= 15 is 0 Å². The molecule has 12 heteroatoms. The van der Waals surface area contributed by atoms with Gasteiger partial charge in [0.25, 0.3) is 11.2 Å². The molecule has 5 rings (SSSR count). The molecule has 1 aromatic heterocycles. The summed E-state index contributed by atoms with van der Waals surface area (Å²) >= 11 is 0. The largest absolute Gasteiger partial charge is 0.494 e. The van der Waals surface area contributed by atoms with Crippen molar-refractivity contribution in [3.05, 3.63) is 104 Å². The Morgan fingerprint density at radius 2 is 1.67 bits per heavy atom. The lowest BCUT2D eigenvalue weighted by Gasteiger charge is -2.15. The van der Waals surface area contributed by atoms with E-state index in [1.165, 1.54) is 27.2 Å². The number of hydrogen-bond donors (Lipinski definition) is 2. The zero-order valence-corrected chi connectivity index (χ0v) is 21.5. The summed E-state index contributed by atoms with van der Waals surface area (Å²) in [7, 11) is -3.84. The monoisotopic (exact) mass is 547 g/mol. The van der Waals surface area contributed by atoms with Crippen LogP contribution in [0.4, 0.5) is 11.4 Å². The van der Waals surface area contributed by atoms with Gasteiger partial charge in [0.2, 0.25) is 15.9 Å². The van der Waals surface area contributed by atoms with Gasteiger partial charge in [0.1, 0.15) is 5.69 Å². The summed E-state index contributed by atoms with van der Waals surface area (Å²) in [5, 5.41) is 27.8. The molecule has 0 spiro atoms. The maximum absolute atomic E-state index is 13.1. The van der Waals surface area contributed by atoms with Crippen LogP contribution < -0.4 is 11.0 Å². The second-order valence-corrected chi connectivity index (χ2v) is 11.0. The predicted octanol–water partition coefficient (Wildman–Crippen LogP) is 3.89. The van der Waals surface area contributed by atoms with Crippen molar-refractivity contribution in [1.29, 1.82) is 0 Å². The smallest absolute Gasteiger partial charge is 0.295 e. The Morgan fingerprint density at radius 1 is 1.00 bits per heavy atom. The first-order valence-corrected chi connectivity index (χ1v) is 13.7. The second kappa shape index (κ2) is 10.7. The van der Waals surface area contributed by atoms with Gasteiger partial charge >= 0.3 is 0 Å². The summed E-state index contributed by atoms with van der Waals surface area (Å²) in [6.45, 7) is 0.887. The van der Waals surface area contributed by atoms with E-state index in [0.29, 0.717) is 23.9 Å². The van der Waals surface area contributed by atoms with Crippen LogP contribution in [0.3, 0.4) is 0 Å². The molecule has 1 saturated heterocycles. The fourth-order valence-corrected chi connectivity index (χ4v) is 6.15. The van der Waals surface area contributed by atoms with Crippen LogP contribution in [0.5, 0.6) is 5.88 Å². The highest BCUT2D eigenvalue weighted by atomic mass is 32.2. The van der Waals surface area contributed by atoms with Crippen molar-refractivity contribution in [2.45, 2.75) is 24.3 Å². The molecule has 0 unspecified atom stereocenters. The minimum atomic E-state index is -3.84. The minimum Gasteiger partial charge on any atom is -0.494 e. The van der Waals surface area contributed by atoms with Gasteiger partial charge in [-0.2, -0.15) is 9.41 Å². The summed E-state index contributed by atoms with van der Waals surface area (Å²) in [6, 6.07) is 19.5. The van der Waals surface area contributed by atoms with Crippen molar-refractivity contribution in [2.24, 2.45) is 5.10 Å². The first-order valence-electron chi connectivity index (χ1n) is 12.2. The Labute approximate surface area is 223 Å². The molecule has 200 valence electrons. The number of hydrazone groups is 1. The highest BCUT2D eigenvalue weighted by molar-refractivity contribution is 7.89. The van der Waals surface area contributed by atoms with Gasteiger partial charge in [-0.15, -0.1) is 0 Å². The number of fused-ring (bicyclic) bond motifs is 1. The van der Waals surface area contributed by atoms with E-state index in [4.69, 9.17) is 0 Å². The van der Waals surface area contributed by atoms with E-state index in [-0.39, 0.29) is 34.1 Å². The number of pyridine rings is 1. The van der Waals surface area contributed by atoms with Crippen LogP contribution in [0.15, 0.2) is 87.6 Å². The number of benzene rings is 3. The van der Waals surface area contributed by atoms with Gasteiger partial charge in [0, 0.05) is 29.9 Å². The third kappa shape index (κ3) is 5.11. The van der Waals surface area contributed by atoms with E-state index in [0.717, 1.165) is 24.5 Å². The molecule has 3 aromatic carbocycles. The molecule has 0 amide bonds. The Balaban J connectivity index is 1.50. The normalized spacial score (nSPS) is 14.3. The van der Waals surface area contributed by atoms with Crippen LogP contribution in [-0.4, -0.2) is 46.6 Å². The van der Waals surface area contributed by atoms with Crippen LogP contribution in [0.1, 0.15) is 24.0 Å². The average Bonchev–Trinajstić information content (AvgIpc) is 3.50. The SMILES string of the molecule is O=c1c2ccccc2c(/C=N/Nc2ccc(S(=O)(=O)N3CCCC3)cc2[N+](=O)[O-])c(O)n1Cc1ccccc1. The number of nitrogens with one attached hydrogen (secondary N) is 1. The van der Waals surface area contributed by atoms with Crippen molar-refractivity contribution in [1.82, 2.24) is 8.87 Å². The number of sulfonamides is 1. The highest BCUT2D eigenvalue weighted by Gasteiger charge is 2.29. The maximum atomic E-state index is 13.1. The molecular formula is C27H25N5O6S. The molecule has 0 bridgehead atoms. The van der Waals surface area contributed by atoms with Crippen molar-refractivity contribution in [3.63, 3.8) is 0 Å². The lowest BCUT2D eigenvalue weighted by atomic mass is 10.1. The summed E-state index contributed by atoms with van der Waals surface area (Å²) in [5.41, 5.74) is 2.77. The number of aromatic nitrogens is 1. The molecule has 4 aromatic rings. The fourth-order valence-electron chi connectivity index (χ4n) is 4.61. The zero-order valence-electron chi connectivity index (χ0n) is 20.7. The van der Waals surface area contributed by atoms with Crippen LogP contribution in [0, 0.1) is 10.1 Å². The van der Waals surface area contributed by atoms with E-state index in [2.05, 4.69) is 10.5 Å².